The summed E-state index contributed by atoms with van der Waals surface area (Å²) in [6.45, 7) is 2.95. The van der Waals surface area contributed by atoms with Gasteiger partial charge in [-0.2, -0.15) is 0 Å². The highest BCUT2D eigenvalue weighted by molar-refractivity contribution is 9.10. The van der Waals surface area contributed by atoms with Crippen LogP contribution in [0.1, 0.15) is 46.0 Å². The minimum absolute atomic E-state index is 0.347. The van der Waals surface area contributed by atoms with Gasteiger partial charge in [-0.3, -0.25) is 0 Å². The van der Waals surface area contributed by atoms with Gasteiger partial charge in [0.05, 0.1) is 28.8 Å². The van der Waals surface area contributed by atoms with Crippen molar-refractivity contribution < 1.29 is 23.8 Å². The number of carbonyl (C=O) groups excluding carboxylic acids is 2. The van der Waals surface area contributed by atoms with Gasteiger partial charge in [0.15, 0.2) is 0 Å². The van der Waals surface area contributed by atoms with E-state index in [1.165, 1.54) is 5.56 Å². The molecule has 0 saturated heterocycles. The lowest BCUT2D eigenvalue weighted by Gasteiger charge is -2.10. The van der Waals surface area contributed by atoms with Crippen LogP contribution < -0.4 is 9.47 Å². The second-order valence-electron chi connectivity index (χ2n) is 7.13. The average Bonchev–Trinajstić information content (AvgIpc) is 2.81. The molecule has 0 N–H and O–H groups in total. The van der Waals surface area contributed by atoms with Crippen LogP contribution in [0.3, 0.4) is 0 Å². The molecule has 3 rings (SSSR count). The predicted molar refractivity (Wildman–Crippen MR) is 126 cm³/mol. The number of benzene rings is 3. The summed E-state index contributed by atoms with van der Waals surface area (Å²) in [6, 6.07) is 21.5. The largest absolute Gasteiger partial charge is 0.492 e. The van der Waals surface area contributed by atoms with Crippen molar-refractivity contribution in [2.24, 2.45) is 0 Å². The van der Waals surface area contributed by atoms with Crippen molar-refractivity contribution in [3.05, 3.63) is 94.0 Å². The van der Waals surface area contributed by atoms with Crippen molar-refractivity contribution in [3.8, 4) is 11.5 Å². The van der Waals surface area contributed by atoms with E-state index in [4.69, 9.17) is 14.2 Å². The summed E-state index contributed by atoms with van der Waals surface area (Å²) < 4.78 is 17.1. The summed E-state index contributed by atoms with van der Waals surface area (Å²) in [5.41, 5.74) is 2.00. The highest BCUT2D eigenvalue weighted by Crippen LogP contribution is 2.27. The smallest absolute Gasteiger partial charge is 0.343 e. The molecule has 0 radical (unpaired) electrons. The molecule has 0 amide bonds. The van der Waals surface area contributed by atoms with Crippen molar-refractivity contribution >= 4 is 27.9 Å². The molecule has 0 aliphatic rings. The molecular formula is C26H25BrO5. The molecular weight excluding hydrogens is 472 g/mol. The van der Waals surface area contributed by atoms with E-state index >= 15 is 0 Å². The molecule has 5 nitrogen and oxygen atoms in total. The van der Waals surface area contributed by atoms with Crippen LogP contribution >= 0.6 is 15.9 Å². The number of ether oxygens (including phenoxy) is 3. The summed E-state index contributed by atoms with van der Waals surface area (Å²) >= 11 is 3.45. The van der Waals surface area contributed by atoms with E-state index in [1.54, 1.807) is 42.5 Å². The van der Waals surface area contributed by atoms with E-state index in [0.717, 1.165) is 19.3 Å². The lowest BCUT2D eigenvalue weighted by atomic mass is 10.2. The zero-order valence-electron chi connectivity index (χ0n) is 17.9. The van der Waals surface area contributed by atoms with Gasteiger partial charge < -0.3 is 14.2 Å². The normalized spacial score (nSPS) is 10.4. The van der Waals surface area contributed by atoms with Crippen LogP contribution in [0.25, 0.3) is 0 Å². The molecule has 3 aromatic rings. The first-order valence-corrected chi connectivity index (χ1v) is 11.3. The van der Waals surface area contributed by atoms with Gasteiger partial charge in [-0.15, -0.1) is 0 Å². The molecule has 0 unspecified atom stereocenters. The lowest BCUT2D eigenvalue weighted by molar-refractivity contribution is 0.0499. The van der Waals surface area contributed by atoms with E-state index in [1.807, 2.05) is 25.1 Å². The Hall–Kier alpha value is -3.12. The van der Waals surface area contributed by atoms with Gasteiger partial charge in [0.2, 0.25) is 0 Å². The molecule has 0 aliphatic carbocycles. The number of halogens is 1. The van der Waals surface area contributed by atoms with E-state index in [-0.39, 0.29) is 5.97 Å². The summed E-state index contributed by atoms with van der Waals surface area (Å²) in [4.78, 5) is 24.4. The average molecular weight is 497 g/mol. The van der Waals surface area contributed by atoms with Crippen LogP contribution in [0, 0.1) is 0 Å². The highest BCUT2D eigenvalue weighted by Gasteiger charge is 2.13. The molecule has 0 fully saturated rings. The summed E-state index contributed by atoms with van der Waals surface area (Å²) in [6.07, 6.45) is 2.58. The van der Waals surface area contributed by atoms with Gasteiger partial charge >= 0.3 is 11.9 Å². The van der Waals surface area contributed by atoms with Crippen molar-refractivity contribution in [2.75, 3.05) is 13.2 Å². The first-order valence-electron chi connectivity index (χ1n) is 10.5. The Bertz CT molecular complexity index is 1030. The predicted octanol–water partition coefficient (Wildman–Crippen LogP) is 6.25. The standard InChI is InChI=1S/C26H25BrO5/c1-2-3-16-31-25(28)20-9-12-22(13-10-20)32-26(29)21-11-14-24(23(27)18-21)30-17-15-19-7-5-4-6-8-19/h4-14,18H,2-3,15-17H2,1H3. The second kappa shape index (κ2) is 12.1. The van der Waals surface area contributed by atoms with Crippen molar-refractivity contribution in [3.63, 3.8) is 0 Å². The molecule has 0 aliphatic heterocycles. The molecule has 0 aromatic heterocycles. The molecule has 166 valence electrons. The van der Waals surface area contributed by atoms with Gasteiger partial charge in [-0.25, -0.2) is 9.59 Å². The first kappa shape index (κ1) is 23.5. The van der Waals surface area contributed by atoms with Gasteiger partial charge in [0.25, 0.3) is 0 Å². The Morgan fingerprint density at radius 2 is 1.56 bits per heavy atom. The van der Waals surface area contributed by atoms with Crippen LogP contribution in [-0.2, 0) is 11.2 Å². The van der Waals surface area contributed by atoms with Crippen LogP contribution in [0.2, 0.25) is 0 Å². The monoisotopic (exact) mass is 496 g/mol. The fourth-order valence-corrected chi connectivity index (χ4v) is 3.38. The number of esters is 2. The Labute approximate surface area is 196 Å². The summed E-state index contributed by atoms with van der Waals surface area (Å²) in [5.74, 6) is 0.116. The molecule has 3 aromatic carbocycles. The van der Waals surface area contributed by atoms with Gasteiger partial charge in [0, 0.05) is 6.42 Å². The minimum atomic E-state index is -0.500. The summed E-state index contributed by atoms with van der Waals surface area (Å²) in [7, 11) is 0. The number of rotatable bonds is 10. The maximum Gasteiger partial charge on any atom is 0.343 e. The zero-order valence-corrected chi connectivity index (χ0v) is 19.5. The summed E-state index contributed by atoms with van der Waals surface area (Å²) in [5, 5.41) is 0. The second-order valence-corrected chi connectivity index (χ2v) is 7.99. The maximum absolute atomic E-state index is 12.5. The molecule has 0 saturated carbocycles. The molecule has 32 heavy (non-hydrogen) atoms. The zero-order chi connectivity index (χ0) is 22.8. The number of hydrogen-bond donors (Lipinski definition) is 0. The van der Waals surface area contributed by atoms with Crippen LogP contribution in [0.15, 0.2) is 77.3 Å². The van der Waals surface area contributed by atoms with Crippen molar-refractivity contribution in [2.45, 2.75) is 26.2 Å². The molecule has 0 spiro atoms. The molecule has 0 bridgehead atoms. The van der Waals surface area contributed by atoms with Crippen molar-refractivity contribution in [1.29, 1.82) is 0 Å². The van der Waals surface area contributed by atoms with E-state index < -0.39 is 5.97 Å². The third-order valence-electron chi connectivity index (χ3n) is 4.69. The maximum atomic E-state index is 12.5. The third kappa shape index (κ3) is 6.95. The minimum Gasteiger partial charge on any atom is -0.492 e. The van der Waals surface area contributed by atoms with Crippen LogP contribution in [-0.4, -0.2) is 25.2 Å². The van der Waals surface area contributed by atoms with Gasteiger partial charge in [-0.05, 0) is 70.4 Å². The van der Waals surface area contributed by atoms with Crippen molar-refractivity contribution in [1.82, 2.24) is 0 Å². The first-order chi connectivity index (χ1) is 15.6. The third-order valence-corrected chi connectivity index (χ3v) is 5.31. The Morgan fingerprint density at radius 3 is 2.25 bits per heavy atom. The van der Waals surface area contributed by atoms with Gasteiger partial charge in [-0.1, -0.05) is 43.7 Å². The molecule has 0 atom stereocenters. The lowest BCUT2D eigenvalue weighted by Crippen LogP contribution is -2.10. The van der Waals surface area contributed by atoms with Gasteiger partial charge in [0.1, 0.15) is 11.5 Å². The molecule has 6 heteroatoms. The Morgan fingerprint density at radius 1 is 0.844 bits per heavy atom. The van der Waals surface area contributed by atoms with Crippen LogP contribution in [0.5, 0.6) is 11.5 Å². The quantitative estimate of drug-likeness (QED) is 0.188. The Balaban J connectivity index is 1.53. The topological polar surface area (TPSA) is 61.8 Å². The molecule has 0 heterocycles. The Kier molecular flexibility index (Phi) is 8.87. The van der Waals surface area contributed by atoms with Crippen LogP contribution in [0.4, 0.5) is 0 Å². The number of carbonyl (C=O) groups is 2. The number of hydrogen-bond acceptors (Lipinski definition) is 5. The van der Waals surface area contributed by atoms with E-state index in [0.29, 0.717) is 40.3 Å². The fourth-order valence-electron chi connectivity index (χ4n) is 2.89. The van der Waals surface area contributed by atoms with E-state index in [9.17, 15) is 9.59 Å². The fraction of sp³-hybridized carbons (Fsp3) is 0.231. The highest BCUT2D eigenvalue weighted by atomic mass is 79.9. The number of unbranched alkanes of at least 4 members (excludes halogenated alkanes) is 1. The van der Waals surface area contributed by atoms with E-state index in [2.05, 4.69) is 28.1 Å². The SMILES string of the molecule is CCCCOC(=O)c1ccc(OC(=O)c2ccc(OCCc3ccccc3)c(Br)c2)cc1.